The van der Waals surface area contributed by atoms with E-state index in [4.69, 9.17) is 0 Å². The van der Waals surface area contributed by atoms with Gasteiger partial charge in [0.2, 0.25) is 0 Å². The first-order valence-corrected chi connectivity index (χ1v) is 9.32. The Morgan fingerprint density at radius 2 is 1.79 bits per heavy atom. The molecule has 0 aliphatic heterocycles. The Hall–Kier alpha value is -3.17. The van der Waals surface area contributed by atoms with Gasteiger partial charge in [-0.2, -0.15) is 5.26 Å². The Balaban J connectivity index is 1.91. The summed E-state index contributed by atoms with van der Waals surface area (Å²) in [6.45, 7) is 3.91. The number of nitrogens with zero attached hydrogens (tertiary/aromatic N) is 2. The van der Waals surface area contributed by atoms with Crippen LogP contribution in [0.5, 0.6) is 0 Å². The second-order valence-electron chi connectivity index (χ2n) is 6.27. The summed E-state index contributed by atoms with van der Waals surface area (Å²) in [5.41, 5.74) is 4.08. The van der Waals surface area contributed by atoms with Gasteiger partial charge in [0.05, 0.1) is 0 Å². The van der Waals surface area contributed by atoms with Crippen LogP contribution in [0.25, 0.3) is 11.8 Å². The number of carbonyl (C=O) groups excluding carboxylic acids is 1. The number of aryl methyl sites for hydroxylation is 1. The summed E-state index contributed by atoms with van der Waals surface area (Å²) in [5.74, 6) is -0.933. The summed E-state index contributed by atoms with van der Waals surface area (Å²) in [5, 5.41) is 12.1. The zero-order valence-corrected chi connectivity index (χ0v) is 16.9. The number of rotatable bonds is 4. The van der Waals surface area contributed by atoms with E-state index in [0.29, 0.717) is 5.69 Å². The SMILES string of the molecule is Cc1cc(/C=C(/C#N)C(=O)Nc2ccc(F)cc2)c(C)n1-c1ccc(Br)cc1. The van der Waals surface area contributed by atoms with Crippen LogP contribution in [0.4, 0.5) is 10.1 Å². The van der Waals surface area contributed by atoms with Gasteiger partial charge >= 0.3 is 0 Å². The molecule has 140 valence electrons. The van der Waals surface area contributed by atoms with Crippen LogP contribution >= 0.6 is 15.9 Å². The number of carbonyl (C=O) groups is 1. The van der Waals surface area contributed by atoms with Crippen molar-refractivity contribution in [2.75, 3.05) is 5.32 Å². The van der Waals surface area contributed by atoms with E-state index in [1.54, 1.807) is 6.08 Å². The molecule has 1 aromatic heterocycles. The smallest absolute Gasteiger partial charge is 0.266 e. The van der Waals surface area contributed by atoms with Crippen molar-refractivity contribution >= 4 is 33.6 Å². The van der Waals surface area contributed by atoms with Crippen LogP contribution in [0.2, 0.25) is 0 Å². The fourth-order valence-electron chi connectivity index (χ4n) is 2.96. The average molecular weight is 438 g/mol. The van der Waals surface area contributed by atoms with E-state index in [0.717, 1.165) is 27.1 Å². The van der Waals surface area contributed by atoms with E-state index >= 15 is 0 Å². The van der Waals surface area contributed by atoms with Crippen molar-refractivity contribution in [2.24, 2.45) is 0 Å². The molecule has 0 aliphatic rings. The summed E-state index contributed by atoms with van der Waals surface area (Å²) in [6.07, 6.45) is 1.57. The highest BCUT2D eigenvalue weighted by Crippen LogP contribution is 2.24. The normalized spacial score (nSPS) is 11.2. The van der Waals surface area contributed by atoms with Crippen molar-refractivity contribution in [3.63, 3.8) is 0 Å². The number of hydrogen-bond donors (Lipinski definition) is 1. The van der Waals surface area contributed by atoms with E-state index in [1.807, 2.05) is 50.2 Å². The number of halogens is 2. The molecule has 3 rings (SSSR count). The van der Waals surface area contributed by atoms with Crippen molar-refractivity contribution in [2.45, 2.75) is 13.8 Å². The molecule has 0 saturated carbocycles. The predicted octanol–water partition coefficient (Wildman–Crippen LogP) is 5.54. The topological polar surface area (TPSA) is 57.8 Å². The van der Waals surface area contributed by atoms with E-state index in [9.17, 15) is 14.4 Å². The molecular weight excluding hydrogens is 421 g/mol. The lowest BCUT2D eigenvalue weighted by molar-refractivity contribution is -0.112. The van der Waals surface area contributed by atoms with Crippen LogP contribution in [0, 0.1) is 31.0 Å². The van der Waals surface area contributed by atoms with Crippen molar-refractivity contribution in [3.05, 3.63) is 87.4 Å². The Labute approximate surface area is 171 Å². The third-order valence-corrected chi connectivity index (χ3v) is 4.85. The zero-order chi connectivity index (χ0) is 20.3. The Morgan fingerprint density at radius 1 is 1.14 bits per heavy atom. The van der Waals surface area contributed by atoms with Gasteiger partial charge in [-0.1, -0.05) is 15.9 Å². The molecule has 1 amide bonds. The Morgan fingerprint density at radius 3 is 2.39 bits per heavy atom. The maximum Gasteiger partial charge on any atom is 0.266 e. The van der Waals surface area contributed by atoms with Gasteiger partial charge in [0.1, 0.15) is 17.5 Å². The molecule has 0 bridgehead atoms. The van der Waals surface area contributed by atoms with Crippen molar-refractivity contribution in [1.82, 2.24) is 4.57 Å². The van der Waals surface area contributed by atoms with Crippen LogP contribution < -0.4 is 5.32 Å². The highest BCUT2D eigenvalue weighted by molar-refractivity contribution is 9.10. The van der Waals surface area contributed by atoms with Crippen molar-refractivity contribution < 1.29 is 9.18 Å². The van der Waals surface area contributed by atoms with Gasteiger partial charge in [0.25, 0.3) is 5.91 Å². The molecule has 4 nitrogen and oxygen atoms in total. The molecule has 2 aromatic carbocycles. The summed E-state index contributed by atoms with van der Waals surface area (Å²) < 4.78 is 16.1. The molecule has 28 heavy (non-hydrogen) atoms. The quantitative estimate of drug-likeness (QED) is 0.430. The number of amides is 1. The van der Waals surface area contributed by atoms with Crippen LogP contribution in [0.3, 0.4) is 0 Å². The fraction of sp³-hybridized carbons (Fsp3) is 0.0909. The van der Waals surface area contributed by atoms with Gasteiger partial charge in [-0.15, -0.1) is 0 Å². The molecule has 0 saturated heterocycles. The molecule has 6 heteroatoms. The van der Waals surface area contributed by atoms with Crippen LogP contribution in [0.1, 0.15) is 17.0 Å². The standard InChI is InChI=1S/C22H17BrFN3O/c1-14-11-16(15(2)27(14)21-9-3-18(23)4-10-21)12-17(13-25)22(28)26-20-7-5-19(24)6-8-20/h3-12H,1-2H3,(H,26,28)/b17-12-. The van der Waals surface area contributed by atoms with Gasteiger partial charge < -0.3 is 9.88 Å². The fourth-order valence-corrected chi connectivity index (χ4v) is 3.22. The molecule has 1 heterocycles. The minimum Gasteiger partial charge on any atom is -0.321 e. The molecule has 0 unspecified atom stereocenters. The van der Waals surface area contributed by atoms with Crippen LogP contribution in [-0.2, 0) is 4.79 Å². The number of nitriles is 1. The minimum absolute atomic E-state index is 0.0274. The predicted molar refractivity (Wildman–Crippen MR) is 112 cm³/mol. The monoisotopic (exact) mass is 437 g/mol. The zero-order valence-electron chi connectivity index (χ0n) is 15.3. The van der Waals surface area contributed by atoms with Gasteiger partial charge in [-0.25, -0.2) is 4.39 Å². The molecular formula is C22H17BrFN3O. The maximum absolute atomic E-state index is 13.0. The molecule has 0 fully saturated rings. The average Bonchev–Trinajstić information content (AvgIpc) is 2.95. The van der Waals surface area contributed by atoms with Gasteiger partial charge in [-0.05, 0) is 80.1 Å². The van der Waals surface area contributed by atoms with Crippen molar-refractivity contribution in [3.8, 4) is 11.8 Å². The molecule has 0 spiro atoms. The first-order valence-electron chi connectivity index (χ1n) is 8.52. The van der Waals surface area contributed by atoms with Crippen LogP contribution in [0.15, 0.2) is 64.6 Å². The number of hydrogen-bond acceptors (Lipinski definition) is 2. The Bertz CT molecular complexity index is 1090. The summed E-state index contributed by atoms with van der Waals surface area (Å²) in [6, 6.07) is 17.2. The summed E-state index contributed by atoms with van der Waals surface area (Å²) >= 11 is 3.43. The third kappa shape index (κ3) is 4.21. The minimum atomic E-state index is -0.539. The lowest BCUT2D eigenvalue weighted by Crippen LogP contribution is -2.13. The number of aromatic nitrogens is 1. The number of anilines is 1. The highest BCUT2D eigenvalue weighted by atomic mass is 79.9. The van der Waals surface area contributed by atoms with Gasteiger partial charge in [0, 0.05) is 27.2 Å². The summed E-state index contributed by atoms with van der Waals surface area (Å²) in [7, 11) is 0. The largest absolute Gasteiger partial charge is 0.321 e. The number of benzene rings is 2. The van der Waals surface area contributed by atoms with Crippen LogP contribution in [-0.4, -0.2) is 10.5 Å². The van der Waals surface area contributed by atoms with Gasteiger partial charge in [0.15, 0.2) is 0 Å². The second-order valence-corrected chi connectivity index (χ2v) is 7.18. The molecule has 0 radical (unpaired) electrons. The highest BCUT2D eigenvalue weighted by Gasteiger charge is 2.14. The first-order chi connectivity index (χ1) is 13.4. The molecule has 0 atom stereocenters. The maximum atomic E-state index is 13.0. The molecule has 0 aliphatic carbocycles. The second kappa shape index (κ2) is 8.24. The summed E-state index contributed by atoms with van der Waals surface area (Å²) in [4.78, 5) is 12.4. The van der Waals surface area contributed by atoms with E-state index in [-0.39, 0.29) is 5.57 Å². The van der Waals surface area contributed by atoms with E-state index in [2.05, 4.69) is 25.8 Å². The third-order valence-electron chi connectivity index (χ3n) is 4.32. The van der Waals surface area contributed by atoms with E-state index < -0.39 is 11.7 Å². The molecule has 1 N–H and O–H groups in total. The molecule has 3 aromatic rings. The van der Waals surface area contributed by atoms with Gasteiger partial charge in [-0.3, -0.25) is 4.79 Å². The Kier molecular flexibility index (Phi) is 5.76. The first kappa shape index (κ1) is 19.6. The number of nitrogens with one attached hydrogen (secondary N) is 1. The lowest BCUT2D eigenvalue weighted by atomic mass is 10.1. The van der Waals surface area contributed by atoms with E-state index in [1.165, 1.54) is 24.3 Å². The lowest BCUT2D eigenvalue weighted by Gasteiger charge is -2.09. The van der Waals surface area contributed by atoms with Crippen molar-refractivity contribution in [1.29, 1.82) is 5.26 Å².